The summed E-state index contributed by atoms with van der Waals surface area (Å²) in [6.07, 6.45) is 0.192. The van der Waals surface area contributed by atoms with Crippen LogP contribution in [0.15, 0.2) is 36.4 Å². The van der Waals surface area contributed by atoms with Crippen molar-refractivity contribution in [2.45, 2.75) is 34.1 Å². The maximum atomic E-state index is 12.6. The van der Waals surface area contributed by atoms with Gasteiger partial charge in [-0.15, -0.1) is 0 Å². The van der Waals surface area contributed by atoms with Gasteiger partial charge in [-0.3, -0.25) is 9.59 Å². The fraction of sp³-hybridized carbons (Fsp3) is 0.333. The predicted octanol–water partition coefficient (Wildman–Crippen LogP) is 3.88. The number of carbonyl (C=O) groups excluding carboxylic acids is 2. The summed E-state index contributed by atoms with van der Waals surface area (Å²) >= 11 is 0. The Labute approximate surface area is 148 Å². The number of amides is 1. The smallest absolute Gasteiger partial charge is 0.316 e. The number of carbonyl (C=O) groups is 2. The van der Waals surface area contributed by atoms with Gasteiger partial charge in [0.15, 0.2) is 0 Å². The Hall–Kier alpha value is -2.62. The maximum absolute atomic E-state index is 12.6. The lowest BCUT2D eigenvalue weighted by atomic mass is 10.1. The molecule has 2 aromatic carbocycles. The molecule has 0 bridgehead atoms. The quantitative estimate of drug-likeness (QED) is 0.631. The van der Waals surface area contributed by atoms with E-state index in [1.807, 2.05) is 64.1 Å². The summed E-state index contributed by atoms with van der Waals surface area (Å²) in [5.74, 6) is -0.235. The summed E-state index contributed by atoms with van der Waals surface area (Å²) < 4.78 is 5.58. The Kier molecular flexibility index (Phi) is 4.62. The van der Waals surface area contributed by atoms with E-state index in [0.29, 0.717) is 12.3 Å². The highest BCUT2D eigenvalue weighted by molar-refractivity contribution is 6.00. The Morgan fingerprint density at radius 1 is 1.00 bits per heavy atom. The molecule has 0 N–H and O–H groups in total. The molecule has 2 aromatic rings. The van der Waals surface area contributed by atoms with Gasteiger partial charge in [-0.05, 0) is 62.1 Å². The van der Waals surface area contributed by atoms with Crippen molar-refractivity contribution in [2.75, 3.05) is 11.4 Å². The zero-order chi connectivity index (χ0) is 18.1. The lowest BCUT2D eigenvalue weighted by molar-refractivity contribution is -0.139. The van der Waals surface area contributed by atoms with E-state index in [0.717, 1.165) is 27.9 Å². The van der Waals surface area contributed by atoms with Gasteiger partial charge < -0.3 is 9.64 Å². The Morgan fingerprint density at radius 3 is 2.36 bits per heavy atom. The fourth-order valence-electron chi connectivity index (χ4n) is 3.12. The molecule has 4 nitrogen and oxygen atoms in total. The van der Waals surface area contributed by atoms with Gasteiger partial charge in [0.2, 0.25) is 5.91 Å². The van der Waals surface area contributed by atoms with Crippen LogP contribution in [-0.4, -0.2) is 18.4 Å². The number of ether oxygens (including phenoxy) is 1. The highest BCUT2D eigenvalue weighted by atomic mass is 16.5. The molecule has 0 radical (unpaired) electrons. The lowest BCUT2D eigenvalue weighted by Gasteiger charge is -2.19. The van der Waals surface area contributed by atoms with Crippen LogP contribution in [0.2, 0.25) is 0 Å². The number of anilines is 1. The van der Waals surface area contributed by atoms with Crippen molar-refractivity contribution >= 4 is 17.6 Å². The topological polar surface area (TPSA) is 46.6 Å². The summed E-state index contributed by atoms with van der Waals surface area (Å²) in [5, 5.41) is 0. The van der Waals surface area contributed by atoms with Crippen molar-refractivity contribution < 1.29 is 14.3 Å². The molecule has 3 rings (SSSR count). The number of hydrogen-bond donors (Lipinski definition) is 0. The van der Waals surface area contributed by atoms with Crippen LogP contribution < -0.4 is 9.64 Å². The second-order valence-electron chi connectivity index (χ2n) is 6.89. The van der Waals surface area contributed by atoms with Crippen LogP contribution >= 0.6 is 0 Å². The number of aryl methyl sites for hydroxylation is 4. The zero-order valence-corrected chi connectivity index (χ0v) is 15.1. The predicted molar refractivity (Wildman–Crippen MR) is 97.9 cm³/mol. The molecule has 1 aliphatic rings. The van der Waals surface area contributed by atoms with Gasteiger partial charge in [-0.1, -0.05) is 24.3 Å². The van der Waals surface area contributed by atoms with Crippen molar-refractivity contribution in [1.82, 2.24) is 0 Å². The van der Waals surface area contributed by atoms with E-state index in [4.69, 9.17) is 4.74 Å². The molecule has 0 saturated carbocycles. The summed E-state index contributed by atoms with van der Waals surface area (Å²) in [6.45, 7) is 8.20. The van der Waals surface area contributed by atoms with Gasteiger partial charge in [0.05, 0.1) is 5.92 Å². The first kappa shape index (κ1) is 17.2. The monoisotopic (exact) mass is 337 g/mol. The Balaban J connectivity index is 1.77. The second-order valence-corrected chi connectivity index (χ2v) is 6.89. The van der Waals surface area contributed by atoms with Crippen molar-refractivity contribution in [3.05, 3.63) is 58.7 Å². The standard InChI is InChI=1S/C21H23NO3/c1-13-5-7-15(3)18(9-13)22-12-17(11-20(22)23)21(24)25-19-10-14(2)6-8-16(19)4/h5-10,17H,11-12H2,1-4H3/t17-/m1/s1. The number of esters is 1. The second kappa shape index (κ2) is 6.71. The molecule has 0 spiro atoms. The van der Waals surface area contributed by atoms with Crippen LogP contribution in [-0.2, 0) is 9.59 Å². The molecule has 1 atom stereocenters. The minimum absolute atomic E-state index is 0.0309. The van der Waals surface area contributed by atoms with E-state index in [2.05, 4.69) is 0 Å². The first-order chi connectivity index (χ1) is 11.8. The summed E-state index contributed by atoms with van der Waals surface area (Å²) in [4.78, 5) is 26.7. The highest BCUT2D eigenvalue weighted by Gasteiger charge is 2.37. The molecule has 1 saturated heterocycles. The molecule has 25 heavy (non-hydrogen) atoms. The first-order valence-corrected chi connectivity index (χ1v) is 8.51. The third-order valence-electron chi connectivity index (χ3n) is 4.67. The van der Waals surface area contributed by atoms with Gasteiger partial charge in [0.25, 0.3) is 0 Å². The molecule has 4 heteroatoms. The maximum Gasteiger partial charge on any atom is 0.316 e. The largest absolute Gasteiger partial charge is 0.426 e. The van der Waals surface area contributed by atoms with Gasteiger partial charge in [-0.2, -0.15) is 0 Å². The van der Waals surface area contributed by atoms with Crippen molar-refractivity contribution in [3.63, 3.8) is 0 Å². The van der Waals surface area contributed by atoms with E-state index < -0.39 is 5.92 Å². The number of nitrogens with zero attached hydrogens (tertiary/aromatic N) is 1. The number of benzene rings is 2. The summed E-state index contributed by atoms with van der Waals surface area (Å²) in [7, 11) is 0. The molecule has 130 valence electrons. The summed E-state index contributed by atoms with van der Waals surface area (Å²) in [5.41, 5.74) is 4.95. The molecule has 0 aliphatic carbocycles. The van der Waals surface area contributed by atoms with Crippen LogP contribution in [0.3, 0.4) is 0 Å². The SMILES string of the molecule is Cc1ccc(C)c(OC(=O)[C@@H]2CC(=O)N(c3cc(C)ccc3C)C2)c1. The molecule has 0 unspecified atom stereocenters. The third-order valence-corrected chi connectivity index (χ3v) is 4.67. The average molecular weight is 337 g/mol. The third kappa shape index (κ3) is 3.58. The minimum Gasteiger partial charge on any atom is -0.426 e. The average Bonchev–Trinajstić information content (AvgIpc) is 2.95. The van der Waals surface area contributed by atoms with Crippen LogP contribution in [0, 0.1) is 33.6 Å². The molecule has 1 heterocycles. The molecule has 1 amide bonds. The van der Waals surface area contributed by atoms with E-state index >= 15 is 0 Å². The Bertz CT molecular complexity index is 841. The Morgan fingerprint density at radius 2 is 1.64 bits per heavy atom. The molecule has 1 fully saturated rings. The van der Waals surface area contributed by atoms with Gasteiger partial charge in [0.1, 0.15) is 5.75 Å². The van der Waals surface area contributed by atoms with Crippen LogP contribution in [0.4, 0.5) is 5.69 Å². The highest BCUT2D eigenvalue weighted by Crippen LogP contribution is 2.30. The normalized spacial score (nSPS) is 17.0. The van der Waals surface area contributed by atoms with E-state index in [9.17, 15) is 9.59 Å². The summed E-state index contributed by atoms with van der Waals surface area (Å²) in [6, 6.07) is 11.8. The van der Waals surface area contributed by atoms with E-state index in [-0.39, 0.29) is 18.3 Å². The molecular weight excluding hydrogens is 314 g/mol. The van der Waals surface area contributed by atoms with Gasteiger partial charge >= 0.3 is 5.97 Å². The van der Waals surface area contributed by atoms with Crippen molar-refractivity contribution in [1.29, 1.82) is 0 Å². The number of hydrogen-bond acceptors (Lipinski definition) is 3. The lowest BCUT2D eigenvalue weighted by Crippen LogP contribution is -2.28. The van der Waals surface area contributed by atoms with Crippen LogP contribution in [0.1, 0.15) is 28.7 Å². The van der Waals surface area contributed by atoms with E-state index in [1.54, 1.807) is 4.90 Å². The molecule has 1 aliphatic heterocycles. The van der Waals surface area contributed by atoms with Crippen LogP contribution in [0.25, 0.3) is 0 Å². The number of rotatable bonds is 3. The van der Waals surface area contributed by atoms with Gasteiger partial charge in [0, 0.05) is 18.7 Å². The minimum atomic E-state index is -0.438. The van der Waals surface area contributed by atoms with Gasteiger partial charge in [-0.25, -0.2) is 0 Å². The van der Waals surface area contributed by atoms with Crippen LogP contribution in [0.5, 0.6) is 5.75 Å². The van der Waals surface area contributed by atoms with Crippen molar-refractivity contribution in [3.8, 4) is 5.75 Å². The fourth-order valence-corrected chi connectivity index (χ4v) is 3.12. The zero-order valence-electron chi connectivity index (χ0n) is 15.1. The molecule has 0 aromatic heterocycles. The van der Waals surface area contributed by atoms with E-state index in [1.165, 1.54) is 0 Å². The first-order valence-electron chi connectivity index (χ1n) is 8.51. The van der Waals surface area contributed by atoms with Crippen molar-refractivity contribution in [2.24, 2.45) is 5.92 Å². The molecular formula is C21H23NO3.